The van der Waals surface area contributed by atoms with Crippen molar-refractivity contribution in [2.24, 2.45) is 0 Å². The first-order chi connectivity index (χ1) is 15.3. The predicted molar refractivity (Wildman–Crippen MR) is 120 cm³/mol. The van der Waals surface area contributed by atoms with E-state index < -0.39 is 10.2 Å². The maximum absolute atomic E-state index is 12.8. The third-order valence-corrected chi connectivity index (χ3v) is 8.06. The van der Waals surface area contributed by atoms with Gasteiger partial charge in [-0.15, -0.1) is 0 Å². The molecule has 176 valence electrons. The van der Waals surface area contributed by atoms with Gasteiger partial charge in [0.25, 0.3) is 10.2 Å². The largest absolute Gasteiger partial charge is 0.379 e. The minimum Gasteiger partial charge on any atom is -0.379 e. The van der Waals surface area contributed by atoms with Crippen LogP contribution >= 0.6 is 11.6 Å². The maximum Gasteiger partial charge on any atom is 0.321 e. The molecule has 0 atom stereocenters. The fourth-order valence-corrected chi connectivity index (χ4v) is 5.81. The molecule has 0 bridgehead atoms. The molecule has 13 heteroatoms. The van der Waals surface area contributed by atoms with Gasteiger partial charge >= 0.3 is 6.03 Å². The van der Waals surface area contributed by atoms with Crippen molar-refractivity contribution in [1.82, 2.24) is 18.8 Å². The molecule has 4 rings (SSSR count). The van der Waals surface area contributed by atoms with E-state index in [4.69, 9.17) is 16.3 Å². The number of benzene rings is 1. The molecule has 3 aliphatic heterocycles. The van der Waals surface area contributed by atoms with Crippen LogP contribution < -0.4 is 15.5 Å². The number of ether oxygens (including phenoxy) is 1. The first-order valence-corrected chi connectivity index (χ1v) is 12.3. The number of morpholine rings is 1. The zero-order valence-electron chi connectivity index (χ0n) is 17.6. The van der Waals surface area contributed by atoms with Crippen molar-refractivity contribution in [2.45, 2.75) is 0 Å². The number of carbonyl (C=O) groups is 2. The van der Waals surface area contributed by atoms with E-state index in [0.717, 1.165) is 5.69 Å². The quantitative estimate of drug-likeness (QED) is 0.619. The predicted octanol–water partition coefficient (Wildman–Crippen LogP) is 0.00270. The van der Waals surface area contributed by atoms with Crippen molar-refractivity contribution >= 4 is 45.1 Å². The molecule has 0 aromatic heterocycles. The molecule has 11 nitrogen and oxygen atoms in total. The topological polar surface area (TPSA) is 115 Å². The Balaban J connectivity index is 1.32. The molecule has 0 radical (unpaired) electrons. The molecule has 0 spiro atoms. The first kappa shape index (κ1) is 23.1. The van der Waals surface area contributed by atoms with E-state index in [0.29, 0.717) is 63.2 Å². The number of nitrogens with one attached hydrogen (secondary N) is 2. The lowest BCUT2D eigenvalue weighted by atomic mass is 10.2. The average Bonchev–Trinajstić information content (AvgIpc) is 2.80. The van der Waals surface area contributed by atoms with Gasteiger partial charge in [-0.1, -0.05) is 11.6 Å². The SMILES string of the molecule is O=C1CN(c2ccc(NC(=O)N3CCN(S(=O)(=O)N4CCOCC4)CC3)cc2Cl)CCN1. The summed E-state index contributed by atoms with van der Waals surface area (Å²) in [6.45, 7) is 4.02. The smallest absolute Gasteiger partial charge is 0.321 e. The van der Waals surface area contributed by atoms with E-state index in [2.05, 4.69) is 10.6 Å². The number of halogens is 1. The van der Waals surface area contributed by atoms with Crippen LogP contribution in [0.25, 0.3) is 0 Å². The van der Waals surface area contributed by atoms with Crippen LogP contribution in [0.2, 0.25) is 5.02 Å². The summed E-state index contributed by atoms with van der Waals surface area (Å²) in [4.78, 5) is 27.8. The summed E-state index contributed by atoms with van der Waals surface area (Å²) < 4.78 is 33.6. The lowest BCUT2D eigenvalue weighted by molar-refractivity contribution is -0.120. The second kappa shape index (κ2) is 9.79. The number of amides is 3. The molecule has 3 heterocycles. The lowest BCUT2D eigenvalue weighted by Crippen LogP contribution is -2.56. The molecule has 1 aromatic carbocycles. The molecule has 1 aromatic rings. The Morgan fingerprint density at radius 1 is 1.03 bits per heavy atom. The lowest BCUT2D eigenvalue weighted by Gasteiger charge is -2.37. The zero-order chi connectivity index (χ0) is 22.7. The van der Waals surface area contributed by atoms with Crippen molar-refractivity contribution < 1.29 is 22.7 Å². The van der Waals surface area contributed by atoms with Crippen LogP contribution in [0.4, 0.5) is 16.2 Å². The van der Waals surface area contributed by atoms with Crippen LogP contribution in [0, 0.1) is 0 Å². The van der Waals surface area contributed by atoms with Gasteiger partial charge in [-0.3, -0.25) is 4.79 Å². The standard InChI is InChI=1S/C19H27ClN6O5S/c20-16-13-15(1-2-17(16)24-4-3-21-18(27)14-24)22-19(28)23-5-7-25(8-6-23)32(29,30)26-9-11-31-12-10-26/h1-2,13H,3-12,14H2,(H,21,27)(H,22,28). The number of carbonyl (C=O) groups excluding carboxylic acids is 2. The number of rotatable bonds is 4. The zero-order valence-corrected chi connectivity index (χ0v) is 19.2. The number of anilines is 2. The van der Waals surface area contributed by atoms with Crippen LogP contribution in [0.3, 0.4) is 0 Å². The Morgan fingerprint density at radius 3 is 2.38 bits per heavy atom. The summed E-state index contributed by atoms with van der Waals surface area (Å²) in [6, 6.07) is 4.86. The Hall–Kier alpha value is -2.12. The summed E-state index contributed by atoms with van der Waals surface area (Å²) in [6.07, 6.45) is 0. The Bertz CT molecular complexity index is 963. The van der Waals surface area contributed by atoms with Crippen molar-refractivity contribution in [3.63, 3.8) is 0 Å². The van der Waals surface area contributed by atoms with Crippen molar-refractivity contribution in [1.29, 1.82) is 0 Å². The highest BCUT2D eigenvalue weighted by Gasteiger charge is 2.34. The molecular weight excluding hydrogens is 460 g/mol. The van der Waals surface area contributed by atoms with Crippen LogP contribution in [-0.2, 0) is 19.7 Å². The average molecular weight is 487 g/mol. The molecule has 3 saturated heterocycles. The second-order valence-electron chi connectivity index (χ2n) is 7.77. The van der Waals surface area contributed by atoms with Crippen LogP contribution in [-0.4, -0.2) is 106 Å². The van der Waals surface area contributed by atoms with Crippen LogP contribution in [0.15, 0.2) is 18.2 Å². The molecule has 2 N–H and O–H groups in total. The van der Waals surface area contributed by atoms with Gasteiger partial charge in [0.1, 0.15) is 0 Å². The number of hydrogen-bond acceptors (Lipinski definition) is 6. The summed E-state index contributed by atoms with van der Waals surface area (Å²) in [5.74, 6) is -0.0560. The third-order valence-electron chi connectivity index (χ3n) is 5.73. The van der Waals surface area contributed by atoms with E-state index in [-0.39, 0.29) is 31.6 Å². The van der Waals surface area contributed by atoms with Crippen molar-refractivity contribution in [3.05, 3.63) is 23.2 Å². The maximum atomic E-state index is 12.8. The fourth-order valence-electron chi connectivity index (χ4n) is 3.95. The Kier molecular flexibility index (Phi) is 7.05. The molecule has 0 unspecified atom stereocenters. The van der Waals surface area contributed by atoms with Gasteiger partial charge in [-0.25, -0.2) is 4.79 Å². The number of urea groups is 1. The van der Waals surface area contributed by atoms with Crippen LogP contribution in [0.1, 0.15) is 0 Å². The number of hydrogen-bond donors (Lipinski definition) is 2. The van der Waals surface area contributed by atoms with E-state index in [1.165, 1.54) is 8.61 Å². The Labute approximate surface area is 192 Å². The molecule has 3 fully saturated rings. The molecule has 3 aliphatic rings. The summed E-state index contributed by atoms with van der Waals surface area (Å²) in [5.41, 5.74) is 1.27. The van der Waals surface area contributed by atoms with Crippen LogP contribution in [0.5, 0.6) is 0 Å². The monoisotopic (exact) mass is 486 g/mol. The van der Waals surface area contributed by atoms with Gasteiger partial charge in [0.2, 0.25) is 5.91 Å². The minimum absolute atomic E-state index is 0.0560. The third kappa shape index (κ3) is 5.09. The van der Waals surface area contributed by atoms with Gasteiger partial charge in [-0.05, 0) is 18.2 Å². The molecule has 3 amide bonds. The summed E-state index contributed by atoms with van der Waals surface area (Å²) >= 11 is 6.40. The van der Waals surface area contributed by atoms with Gasteiger partial charge < -0.3 is 25.2 Å². The highest BCUT2D eigenvalue weighted by atomic mass is 35.5. The molecular formula is C19H27ClN6O5S. The summed E-state index contributed by atoms with van der Waals surface area (Å²) in [7, 11) is -3.54. The summed E-state index contributed by atoms with van der Waals surface area (Å²) in [5, 5.41) is 6.03. The highest BCUT2D eigenvalue weighted by Crippen LogP contribution is 2.29. The van der Waals surface area contributed by atoms with Gasteiger partial charge in [0.15, 0.2) is 0 Å². The van der Waals surface area contributed by atoms with Gasteiger partial charge in [0, 0.05) is 58.0 Å². The van der Waals surface area contributed by atoms with Gasteiger partial charge in [-0.2, -0.15) is 17.0 Å². The number of piperazine rings is 2. The van der Waals surface area contributed by atoms with Crippen molar-refractivity contribution in [2.75, 3.05) is 82.3 Å². The minimum atomic E-state index is -3.54. The normalized spacial score (nSPS) is 21.3. The van der Waals surface area contributed by atoms with Gasteiger partial charge in [0.05, 0.1) is 30.5 Å². The molecule has 0 aliphatic carbocycles. The number of nitrogens with zero attached hydrogens (tertiary/aromatic N) is 4. The first-order valence-electron chi connectivity index (χ1n) is 10.5. The molecule has 32 heavy (non-hydrogen) atoms. The van der Waals surface area contributed by atoms with E-state index in [1.54, 1.807) is 23.1 Å². The fraction of sp³-hybridized carbons (Fsp3) is 0.579. The Morgan fingerprint density at radius 2 is 1.72 bits per heavy atom. The van der Waals surface area contributed by atoms with Crippen molar-refractivity contribution in [3.8, 4) is 0 Å². The second-order valence-corrected chi connectivity index (χ2v) is 10.1. The van der Waals surface area contributed by atoms with E-state index in [9.17, 15) is 18.0 Å². The molecule has 0 saturated carbocycles. The highest BCUT2D eigenvalue weighted by molar-refractivity contribution is 7.86. The van der Waals surface area contributed by atoms with E-state index in [1.807, 2.05) is 4.90 Å². The van der Waals surface area contributed by atoms with E-state index >= 15 is 0 Å².